The Morgan fingerprint density at radius 3 is 2.60 bits per heavy atom. The Kier molecular flexibility index (Phi) is 4.46. The number of benzene rings is 1. The summed E-state index contributed by atoms with van der Waals surface area (Å²) in [6.07, 6.45) is 0. The van der Waals surface area contributed by atoms with Gasteiger partial charge >= 0.3 is 0 Å². The number of rotatable bonds is 4. The lowest BCUT2D eigenvalue weighted by Gasteiger charge is -2.35. The van der Waals surface area contributed by atoms with Crippen LogP contribution in [0.5, 0.6) is 0 Å². The van der Waals surface area contributed by atoms with E-state index < -0.39 is 15.8 Å². The van der Waals surface area contributed by atoms with Crippen molar-refractivity contribution < 1.29 is 17.9 Å². The third kappa shape index (κ3) is 4.26. The summed E-state index contributed by atoms with van der Waals surface area (Å²) in [4.78, 5) is 0.120. The molecule has 1 aliphatic heterocycles. The predicted molar refractivity (Wildman–Crippen MR) is 74.4 cm³/mol. The van der Waals surface area contributed by atoms with Gasteiger partial charge in [-0.1, -0.05) is 12.1 Å². The molecule has 1 saturated heterocycles. The minimum absolute atomic E-state index is 0.0844. The molecule has 112 valence electrons. The van der Waals surface area contributed by atoms with E-state index >= 15 is 0 Å². The normalized spacial score (nSPS) is 19.9. The Balaban J connectivity index is 1.92. The van der Waals surface area contributed by atoms with Gasteiger partial charge in [0.15, 0.2) is 5.79 Å². The van der Waals surface area contributed by atoms with E-state index in [2.05, 4.69) is 5.32 Å². The third-order valence-corrected chi connectivity index (χ3v) is 4.00. The maximum Gasteiger partial charge on any atom is 0.238 e. The van der Waals surface area contributed by atoms with E-state index in [0.29, 0.717) is 19.8 Å². The van der Waals surface area contributed by atoms with Crippen molar-refractivity contribution in [3.8, 4) is 0 Å². The van der Waals surface area contributed by atoms with Gasteiger partial charge < -0.3 is 14.8 Å². The highest BCUT2D eigenvalue weighted by Crippen LogP contribution is 2.17. The molecule has 1 heterocycles. The number of hydrogen-bond acceptors (Lipinski definition) is 5. The molecular formula is C13H20N2O4S. The molecule has 3 N–H and O–H groups in total. The lowest BCUT2D eigenvalue weighted by molar-refractivity contribution is -0.253. The van der Waals surface area contributed by atoms with Gasteiger partial charge in [-0.3, -0.25) is 0 Å². The molecule has 1 aromatic rings. The van der Waals surface area contributed by atoms with Crippen molar-refractivity contribution in [2.24, 2.45) is 5.14 Å². The topological polar surface area (TPSA) is 90.6 Å². The number of sulfonamides is 1. The lowest BCUT2D eigenvalue weighted by Crippen LogP contribution is -2.48. The molecule has 1 aromatic carbocycles. The average Bonchev–Trinajstić information content (AvgIpc) is 2.37. The Labute approximate surface area is 119 Å². The van der Waals surface area contributed by atoms with Gasteiger partial charge in [0.1, 0.15) is 0 Å². The quantitative estimate of drug-likeness (QED) is 0.848. The first-order chi connectivity index (χ1) is 9.26. The molecule has 0 aliphatic carbocycles. The summed E-state index contributed by atoms with van der Waals surface area (Å²) in [5, 5.41) is 8.37. The predicted octanol–water partition coefficient (Wildman–Crippen LogP) is 0.575. The molecule has 0 bridgehead atoms. The largest absolute Gasteiger partial charge is 0.349 e. The molecule has 0 saturated carbocycles. The molecule has 1 aliphatic rings. The first kappa shape index (κ1) is 15.4. The van der Waals surface area contributed by atoms with Gasteiger partial charge in [0.05, 0.1) is 24.2 Å². The summed E-state index contributed by atoms with van der Waals surface area (Å²) in [6.45, 7) is 5.39. The van der Waals surface area contributed by atoms with Crippen LogP contribution in [-0.2, 0) is 26.0 Å². The summed E-state index contributed by atoms with van der Waals surface area (Å²) in [6, 6.07) is 6.65. The first-order valence-electron chi connectivity index (χ1n) is 6.39. The number of hydrogen-bond donors (Lipinski definition) is 2. The molecule has 20 heavy (non-hydrogen) atoms. The summed E-state index contributed by atoms with van der Waals surface area (Å²) >= 11 is 0. The van der Waals surface area contributed by atoms with E-state index in [4.69, 9.17) is 14.6 Å². The van der Waals surface area contributed by atoms with Gasteiger partial charge in [0.2, 0.25) is 10.0 Å². The molecular weight excluding hydrogens is 280 g/mol. The van der Waals surface area contributed by atoms with E-state index in [-0.39, 0.29) is 10.9 Å². The fraction of sp³-hybridized carbons (Fsp3) is 0.538. The van der Waals surface area contributed by atoms with E-state index in [0.717, 1.165) is 5.56 Å². The van der Waals surface area contributed by atoms with Crippen LogP contribution in [0.2, 0.25) is 0 Å². The fourth-order valence-corrected chi connectivity index (χ4v) is 2.49. The molecule has 6 nitrogen and oxygen atoms in total. The second kappa shape index (κ2) is 5.79. The van der Waals surface area contributed by atoms with Gasteiger partial charge in [-0.2, -0.15) is 0 Å². The van der Waals surface area contributed by atoms with Crippen LogP contribution in [0, 0.1) is 0 Å². The van der Waals surface area contributed by atoms with Crippen molar-refractivity contribution in [2.75, 3.05) is 13.2 Å². The molecule has 0 amide bonds. The highest BCUT2D eigenvalue weighted by atomic mass is 32.2. The van der Waals surface area contributed by atoms with Crippen molar-refractivity contribution in [3.63, 3.8) is 0 Å². The first-order valence-corrected chi connectivity index (χ1v) is 7.94. The van der Waals surface area contributed by atoms with Gasteiger partial charge in [-0.25, -0.2) is 13.6 Å². The van der Waals surface area contributed by atoms with Crippen LogP contribution >= 0.6 is 0 Å². The van der Waals surface area contributed by atoms with Crippen LogP contribution in [0.1, 0.15) is 19.4 Å². The minimum Gasteiger partial charge on any atom is -0.349 e. The summed E-state index contributed by atoms with van der Waals surface area (Å²) in [5.74, 6) is -0.536. The number of nitrogens with one attached hydrogen (secondary N) is 1. The van der Waals surface area contributed by atoms with Gasteiger partial charge in [0.25, 0.3) is 0 Å². The van der Waals surface area contributed by atoms with Crippen molar-refractivity contribution in [2.45, 2.75) is 37.1 Å². The van der Waals surface area contributed by atoms with Crippen molar-refractivity contribution in [1.82, 2.24) is 5.32 Å². The summed E-state index contributed by atoms with van der Waals surface area (Å²) < 4.78 is 33.6. The highest BCUT2D eigenvalue weighted by molar-refractivity contribution is 7.89. The Morgan fingerprint density at radius 1 is 1.35 bits per heavy atom. The van der Waals surface area contributed by atoms with Gasteiger partial charge in [-0.15, -0.1) is 0 Å². The molecule has 2 rings (SSSR count). The van der Waals surface area contributed by atoms with Crippen LogP contribution in [0.3, 0.4) is 0 Å². The standard InChI is InChI=1S/C13H20N2O4S/c1-13(2)18-8-11(9-19-13)15-7-10-4-3-5-12(6-10)20(14,16)17/h3-6,11,15H,7-9H2,1-2H3,(H2,14,16,17). The number of nitrogens with two attached hydrogens (primary N) is 1. The monoisotopic (exact) mass is 300 g/mol. The summed E-state index contributed by atoms with van der Waals surface area (Å²) in [7, 11) is -3.66. The third-order valence-electron chi connectivity index (χ3n) is 3.09. The second-order valence-electron chi connectivity index (χ2n) is 5.29. The molecule has 0 spiro atoms. The van der Waals surface area contributed by atoms with Crippen molar-refractivity contribution in [1.29, 1.82) is 0 Å². The number of ether oxygens (including phenoxy) is 2. The van der Waals surface area contributed by atoms with Crippen LogP contribution in [0.4, 0.5) is 0 Å². The van der Waals surface area contributed by atoms with Gasteiger partial charge in [0, 0.05) is 6.54 Å². The van der Waals surface area contributed by atoms with Crippen LogP contribution in [-0.4, -0.2) is 33.5 Å². The van der Waals surface area contributed by atoms with E-state index in [9.17, 15) is 8.42 Å². The smallest absolute Gasteiger partial charge is 0.238 e. The molecule has 0 radical (unpaired) electrons. The Hall–Kier alpha value is -0.990. The molecule has 1 fully saturated rings. The van der Waals surface area contributed by atoms with Crippen molar-refractivity contribution >= 4 is 10.0 Å². The SMILES string of the molecule is CC1(C)OCC(NCc2cccc(S(N)(=O)=O)c2)CO1. The average molecular weight is 300 g/mol. The van der Waals surface area contributed by atoms with Crippen LogP contribution in [0.25, 0.3) is 0 Å². The number of primary sulfonamides is 1. The van der Waals surface area contributed by atoms with Crippen LogP contribution < -0.4 is 10.5 Å². The molecule has 0 atom stereocenters. The minimum atomic E-state index is -3.66. The highest BCUT2D eigenvalue weighted by Gasteiger charge is 2.27. The molecule has 0 unspecified atom stereocenters. The summed E-state index contributed by atoms with van der Waals surface area (Å²) in [5.41, 5.74) is 0.848. The maximum absolute atomic E-state index is 11.3. The molecule has 0 aromatic heterocycles. The van der Waals surface area contributed by atoms with Crippen LogP contribution in [0.15, 0.2) is 29.2 Å². The fourth-order valence-electron chi connectivity index (χ4n) is 1.90. The van der Waals surface area contributed by atoms with E-state index in [1.807, 2.05) is 19.9 Å². The maximum atomic E-state index is 11.3. The second-order valence-corrected chi connectivity index (χ2v) is 6.85. The zero-order valence-corrected chi connectivity index (χ0v) is 12.4. The van der Waals surface area contributed by atoms with Crippen molar-refractivity contribution in [3.05, 3.63) is 29.8 Å². The Bertz CT molecular complexity index is 561. The van der Waals surface area contributed by atoms with E-state index in [1.54, 1.807) is 12.1 Å². The zero-order chi connectivity index (χ0) is 14.8. The van der Waals surface area contributed by atoms with Gasteiger partial charge in [-0.05, 0) is 31.5 Å². The molecule has 7 heteroatoms. The zero-order valence-electron chi connectivity index (χ0n) is 11.6. The Morgan fingerprint density at radius 2 is 2.00 bits per heavy atom. The van der Waals surface area contributed by atoms with E-state index in [1.165, 1.54) is 6.07 Å². The lowest BCUT2D eigenvalue weighted by atomic mass is 10.2.